The van der Waals surface area contributed by atoms with E-state index in [0.29, 0.717) is 6.42 Å². The number of hydrogen-bond donors (Lipinski definition) is 1. The number of rotatable bonds is 14. The zero-order valence-corrected chi connectivity index (χ0v) is 15.8. The van der Waals surface area contributed by atoms with Crippen LogP contribution in [0.1, 0.15) is 90.4 Å². The van der Waals surface area contributed by atoms with Crippen molar-refractivity contribution in [3.8, 4) is 11.8 Å². The maximum Gasteiger partial charge on any atom is 0.303 e. The monoisotopic (exact) mass is 372 g/mol. The van der Waals surface area contributed by atoms with Crippen LogP contribution in [-0.2, 0) is 4.79 Å². The molecule has 0 radical (unpaired) electrons. The van der Waals surface area contributed by atoms with Crippen molar-refractivity contribution in [3.63, 3.8) is 0 Å². The molecule has 0 aromatic heterocycles. The molecule has 0 saturated carbocycles. The quantitative estimate of drug-likeness (QED) is 0.224. The van der Waals surface area contributed by atoms with E-state index in [-0.39, 0.29) is 12.3 Å². The van der Waals surface area contributed by atoms with E-state index < -0.39 is 5.97 Å². The molecule has 0 bridgehead atoms. The molecule has 3 heteroatoms. The molecule has 22 heavy (non-hydrogen) atoms. The van der Waals surface area contributed by atoms with Gasteiger partial charge in [0.05, 0.1) is 0 Å². The topological polar surface area (TPSA) is 37.3 Å². The number of alkyl halides is 1. The van der Waals surface area contributed by atoms with Crippen molar-refractivity contribution in [1.29, 1.82) is 0 Å². The highest BCUT2D eigenvalue weighted by Crippen LogP contribution is 2.16. The van der Waals surface area contributed by atoms with Crippen molar-refractivity contribution >= 4 is 21.9 Å². The van der Waals surface area contributed by atoms with Gasteiger partial charge in [0.2, 0.25) is 0 Å². The van der Waals surface area contributed by atoms with Crippen LogP contribution >= 0.6 is 15.9 Å². The molecule has 0 heterocycles. The molecule has 0 saturated heterocycles. The number of carbonyl (C=O) groups is 1. The smallest absolute Gasteiger partial charge is 0.303 e. The van der Waals surface area contributed by atoms with Crippen LogP contribution in [0.5, 0.6) is 0 Å². The molecular weight excluding hydrogens is 340 g/mol. The van der Waals surface area contributed by atoms with Gasteiger partial charge < -0.3 is 5.11 Å². The number of unbranched alkanes of at least 4 members (excludes halogenated alkanes) is 8. The number of hydrogen-bond acceptors (Lipinski definition) is 1. The second kappa shape index (κ2) is 16.9. The Kier molecular flexibility index (Phi) is 16.5. The lowest BCUT2D eigenvalue weighted by Gasteiger charge is -2.09. The van der Waals surface area contributed by atoms with E-state index in [0.717, 1.165) is 18.2 Å². The normalized spacial score (nSPS) is 11.7. The molecule has 2 nitrogen and oxygen atoms in total. The zero-order chi connectivity index (χ0) is 16.5. The first-order chi connectivity index (χ1) is 10.7. The maximum atomic E-state index is 10.7. The summed E-state index contributed by atoms with van der Waals surface area (Å²) in [5.41, 5.74) is 0. The molecule has 0 aliphatic heterocycles. The first kappa shape index (κ1) is 21.5. The van der Waals surface area contributed by atoms with Crippen LogP contribution in [0.15, 0.2) is 0 Å². The molecule has 1 unspecified atom stereocenters. The van der Waals surface area contributed by atoms with E-state index in [1.165, 1.54) is 57.8 Å². The predicted molar refractivity (Wildman–Crippen MR) is 98.4 cm³/mol. The Morgan fingerprint density at radius 3 is 2.36 bits per heavy atom. The molecule has 1 N–H and O–H groups in total. The van der Waals surface area contributed by atoms with E-state index in [4.69, 9.17) is 5.11 Å². The lowest BCUT2D eigenvalue weighted by Crippen LogP contribution is -2.03. The highest BCUT2D eigenvalue weighted by Gasteiger charge is 2.08. The molecular formula is C19H33BrO2. The Balaban J connectivity index is 3.93. The van der Waals surface area contributed by atoms with Gasteiger partial charge in [0, 0.05) is 24.1 Å². The van der Waals surface area contributed by atoms with Crippen LogP contribution < -0.4 is 0 Å². The molecule has 0 fully saturated rings. The summed E-state index contributed by atoms with van der Waals surface area (Å²) in [5, 5.41) is 9.92. The number of carboxylic acid groups (broad SMARTS) is 1. The average Bonchev–Trinajstić information content (AvgIpc) is 2.50. The molecule has 0 aliphatic carbocycles. The van der Waals surface area contributed by atoms with Crippen LogP contribution in [-0.4, -0.2) is 16.4 Å². The first-order valence-corrected chi connectivity index (χ1v) is 10.1. The van der Waals surface area contributed by atoms with Crippen LogP contribution in [0.4, 0.5) is 0 Å². The van der Waals surface area contributed by atoms with Gasteiger partial charge in [-0.1, -0.05) is 73.7 Å². The summed E-state index contributed by atoms with van der Waals surface area (Å²) in [6.07, 6.45) is 14.2. The fourth-order valence-corrected chi connectivity index (χ4v) is 2.86. The molecule has 1 atom stereocenters. The van der Waals surface area contributed by atoms with Crippen molar-refractivity contribution in [2.75, 3.05) is 5.33 Å². The van der Waals surface area contributed by atoms with Gasteiger partial charge in [-0.25, -0.2) is 0 Å². The summed E-state index contributed by atoms with van der Waals surface area (Å²) in [5.74, 6) is 6.19. The summed E-state index contributed by atoms with van der Waals surface area (Å²) in [6.45, 7) is 2.23. The van der Waals surface area contributed by atoms with Gasteiger partial charge in [0.1, 0.15) is 0 Å². The second-order valence-corrected chi connectivity index (χ2v) is 6.80. The molecule has 0 aliphatic rings. The summed E-state index contributed by atoms with van der Waals surface area (Å²) in [6, 6.07) is 0. The van der Waals surface area contributed by atoms with Crippen LogP contribution in [0.25, 0.3) is 0 Å². The van der Waals surface area contributed by atoms with Gasteiger partial charge in [0.25, 0.3) is 0 Å². The van der Waals surface area contributed by atoms with Gasteiger partial charge in [-0.3, -0.25) is 4.79 Å². The molecule has 0 aromatic rings. The first-order valence-electron chi connectivity index (χ1n) is 8.96. The minimum atomic E-state index is -0.703. The average molecular weight is 373 g/mol. The highest BCUT2D eigenvalue weighted by molar-refractivity contribution is 9.09. The Hall–Kier alpha value is -0.490. The lowest BCUT2D eigenvalue weighted by atomic mass is 9.96. The summed E-state index contributed by atoms with van der Waals surface area (Å²) in [7, 11) is 0. The largest absolute Gasteiger partial charge is 0.481 e. The van der Waals surface area contributed by atoms with Gasteiger partial charge >= 0.3 is 5.97 Å². The van der Waals surface area contributed by atoms with Crippen molar-refractivity contribution < 1.29 is 9.90 Å². The fraction of sp³-hybridized carbons (Fsp3) is 0.842. The SMILES string of the molecule is CCCCCCCC#CC(CCCCCCBr)CCC(=O)O. The molecule has 128 valence electrons. The van der Waals surface area contributed by atoms with Crippen molar-refractivity contribution in [1.82, 2.24) is 0 Å². The molecule has 0 aromatic carbocycles. The van der Waals surface area contributed by atoms with E-state index in [1.54, 1.807) is 0 Å². The number of halogens is 1. The summed E-state index contributed by atoms with van der Waals surface area (Å²) < 4.78 is 0. The Morgan fingerprint density at radius 1 is 1.00 bits per heavy atom. The molecule has 0 rings (SSSR count). The highest BCUT2D eigenvalue weighted by atomic mass is 79.9. The van der Waals surface area contributed by atoms with Gasteiger partial charge in [-0.15, -0.1) is 5.92 Å². The number of aliphatic carboxylic acids is 1. The predicted octanol–water partition coefficient (Wildman–Crippen LogP) is 6.18. The third kappa shape index (κ3) is 15.9. The van der Waals surface area contributed by atoms with E-state index in [9.17, 15) is 4.79 Å². The third-order valence-electron chi connectivity index (χ3n) is 3.85. The van der Waals surface area contributed by atoms with Crippen LogP contribution in [0.3, 0.4) is 0 Å². The van der Waals surface area contributed by atoms with Gasteiger partial charge in [-0.05, 0) is 25.7 Å². The van der Waals surface area contributed by atoms with E-state index in [2.05, 4.69) is 34.7 Å². The van der Waals surface area contributed by atoms with E-state index in [1.807, 2.05) is 0 Å². The van der Waals surface area contributed by atoms with Crippen LogP contribution in [0, 0.1) is 17.8 Å². The second-order valence-electron chi connectivity index (χ2n) is 6.01. The van der Waals surface area contributed by atoms with Crippen molar-refractivity contribution in [3.05, 3.63) is 0 Å². The van der Waals surface area contributed by atoms with Gasteiger partial charge in [0.15, 0.2) is 0 Å². The third-order valence-corrected chi connectivity index (χ3v) is 4.42. The molecule has 0 spiro atoms. The minimum Gasteiger partial charge on any atom is -0.481 e. The maximum absolute atomic E-state index is 10.7. The number of carboxylic acids is 1. The van der Waals surface area contributed by atoms with E-state index >= 15 is 0 Å². The molecule has 0 amide bonds. The minimum absolute atomic E-state index is 0.247. The van der Waals surface area contributed by atoms with Gasteiger partial charge in [-0.2, -0.15) is 0 Å². The van der Waals surface area contributed by atoms with Crippen LogP contribution in [0.2, 0.25) is 0 Å². The fourth-order valence-electron chi connectivity index (χ4n) is 2.46. The summed E-state index contributed by atoms with van der Waals surface area (Å²) >= 11 is 3.45. The zero-order valence-electron chi connectivity index (χ0n) is 14.2. The standard InChI is InChI=1S/C19H33BrO2/c1-2-3-4-5-6-7-10-13-18(15-16-19(21)22)14-11-8-9-12-17-20/h18H,2-9,11-12,14-17H2,1H3,(H,21,22). The lowest BCUT2D eigenvalue weighted by molar-refractivity contribution is -0.137. The van der Waals surface area contributed by atoms with Crippen molar-refractivity contribution in [2.45, 2.75) is 90.4 Å². The van der Waals surface area contributed by atoms with Crippen molar-refractivity contribution in [2.24, 2.45) is 5.92 Å². The Morgan fingerprint density at radius 2 is 1.68 bits per heavy atom. The summed E-state index contributed by atoms with van der Waals surface area (Å²) in [4.78, 5) is 10.7. The Bertz CT molecular complexity index is 317. The Labute approximate surface area is 145 Å².